The van der Waals surface area contributed by atoms with Crippen molar-refractivity contribution >= 4 is 45.1 Å². The molecule has 4 heterocycles. The van der Waals surface area contributed by atoms with Crippen LogP contribution in [0.15, 0.2) is 30.5 Å². The van der Waals surface area contributed by atoms with Crippen molar-refractivity contribution < 1.29 is 22.7 Å². The molecule has 0 fully saturated rings. The number of hydrogen-bond acceptors (Lipinski definition) is 6. The number of ether oxygens (including phenoxy) is 1. The third-order valence-electron chi connectivity index (χ3n) is 5.99. The lowest BCUT2D eigenvalue weighted by atomic mass is 10.00. The number of anilines is 1. The minimum atomic E-state index is -4.57. The molecule has 1 aromatic carbocycles. The highest BCUT2D eigenvalue weighted by molar-refractivity contribution is 6.35. The molecule has 0 aliphatic carbocycles. The maximum atomic E-state index is 13.5. The number of nitrogen functional groups attached to an aromatic ring is 1. The van der Waals surface area contributed by atoms with Crippen LogP contribution in [0.25, 0.3) is 21.8 Å². The fourth-order valence-electron chi connectivity index (χ4n) is 4.25. The van der Waals surface area contributed by atoms with Crippen LogP contribution >= 0.6 is 11.6 Å². The lowest BCUT2D eigenvalue weighted by Gasteiger charge is -2.33. The van der Waals surface area contributed by atoms with Crippen molar-refractivity contribution in [1.82, 2.24) is 24.6 Å². The van der Waals surface area contributed by atoms with E-state index in [0.29, 0.717) is 27.4 Å². The largest absolute Gasteiger partial charge is 0.433 e. The molecule has 0 spiro atoms. The predicted molar refractivity (Wildman–Crippen MR) is 119 cm³/mol. The lowest BCUT2D eigenvalue weighted by Crippen LogP contribution is -2.37. The zero-order chi connectivity index (χ0) is 24.4. The maximum Gasteiger partial charge on any atom is 0.433 e. The molecule has 0 saturated heterocycles. The summed E-state index contributed by atoms with van der Waals surface area (Å²) < 4.78 is 46.3. The van der Waals surface area contributed by atoms with Gasteiger partial charge in [-0.05, 0) is 18.2 Å². The van der Waals surface area contributed by atoms with Crippen LogP contribution in [0.5, 0.6) is 0 Å². The van der Waals surface area contributed by atoms with Gasteiger partial charge in [0.15, 0.2) is 0 Å². The number of rotatable bonds is 2. The number of halogens is 4. The number of nitrogens with two attached hydrogens (primary N) is 1. The van der Waals surface area contributed by atoms with Crippen LogP contribution in [0.3, 0.4) is 0 Å². The van der Waals surface area contributed by atoms with E-state index >= 15 is 0 Å². The van der Waals surface area contributed by atoms with Crippen molar-refractivity contribution in [1.29, 1.82) is 0 Å². The van der Waals surface area contributed by atoms with Gasteiger partial charge in [-0.3, -0.25) is 9.48 Å². The van der Waals surface area contributed by atoms with Crippen molar-refractivity contribution in [2.24, 2.45) is 7.05 Å². The third kappa shape index (κ3) is 3.51. The van der Waals surface area contributed by atoms with Crippen LogP contribution in [-0.4, -0.2) is 44.2 Å². The summed E-state index contributed by atoms with van der Waals surface area (Å²) in [5.74, 6) is -0.140. The Labute approximate surface area is 196 Å². The van der Waals surface area contributed by atoms with Gasteiger partial charge in [-0.15, -0.1) is 0 Å². The Hall–Kier alpha value is -3.44. The Morgan fingerprint density at radius 1 is 1.26 bits per heavy atom. The molecule has 34 heavy (non-hydrogen) atoms. The Kier molecular flexibility index (Phi) is 5.14. The molecule has 1 aliphatic heterocycles. The van der Waals surface area contributed by atoms with Gasteiger partial charge in [-0.2, -0.15) is 18.3 Å². The molecular weight excluding hydrogens is 473 g/mol. The van der Waals surface area contributed by atoms with Crippen LogP contribution in [-0.2, 0) is 24.6 Å². The number of carbonyl (C=O) groups is 1. The van der Waals surface area contributed by atoms with Crippen molar-refractivity contribution in [2.75, 3.05) is 19.4 Å². The van der Waals surface area contributed by atoms with Gasteiger partial charge < -0.3 is 15.4 Å². The van der Waals surface area contributed by atoms with E-state index in [1.165, 1.54) is 11.0 Å². The molecular formula is C22H18ClF3N6O2. The van der Waals surface area contributed by atoms with E-state index < -0.39 is 23.8 Å². The predicted octanol–water partition coefficient (Wildman–Crippen LogP) is 4.11. The summed E-state index contributed by atoms with van der Waals surface area (Å²) in [6.07, 6.45) is -2.94. The zero-order valence-electron chi connectivity index (χ0n) is 18.0. The van der Waals surface area contributed by atoms with E-state index in [9.17, 15) is 18.0 Å². The number of hydrogen-bond donors (Lipinski definition) is 1. The van der Waals surface area contributed by atoms with E-state index in [1.807, 2.05) is 0 Å². The number of alkyl halides is 3. The number of aryl methyl sites for hydroxylation is 1. The van der Waals surface area contributed by atoms with Crippen LogP contribution in [0.1, 0.15) is 33.4 Å². The van der Waals surface area contributed by atoms with Crippen LogP contribution in [0, 0.1) is 0 Å². The van der Waals surface area contributed by atoms with Gasteiger partial charge in [0.05, 0.1) is 47.2 Å². The smallest absolute Gasteiger partial charge is 0.382 e. The van der Waals surface area contributed by atoms with Crippen molar-refractivity contribution in [3.05, 3.63) is 58.0 Å². The molecule has 0 bridgehead atoms. The van der Waals surface area contributed by atoms with E-state index in [-0.39, 0.29) is 35.3 Å². The van der Waals surface area contributed by atoms with Gasteiger partial charge in [0, 0.05) is 30.4 Å². The van der Waals surface area contributed by atoms with Crippen LogP contribution < -0.4 is 5.73 Å². The second-order valence-corrected chi connectivity index (χ2v) is 8.46. The molecule has 12 heteroatoms. The molecule has 8 nitrogen and oxygen atoms in total. The first-order valence-electron chi connectivity index (χ1n) is 10.2. The molecule has 0 unspecified atom stereocenters. The summed E-state index contributed by atoms with van der Waals surface area (Å²) in [4.78, 5) is 23.0. The first-order valence-corrected chi connectivity index (χ1v) is 10.6. The van der Waals surface area contributed by atoms with Gasteiger partial charge in [-0.25, -0.2) is 9.97 Å². The van der Waals surface area contributed by atoms with Gasteiger partial charge in [0.2, 0.25) is 0 Å². The second-order valence-electron chi connectivity index (χ2n) is 8.05. The molecule has 2 N–H and O–H groups in total. The Morgan fingerprint density at radius 2 is 2.03 bits per heavy atom. The Balaban J connectivity index is 1.55. The summed E-state index contributed by atoms with van der Waals surface area (Å²) in [6, 6.07) is 4.80. The van der Waals surface area contributed by atoms with Crippen LogP contribution in [0.2, 0.25) is 5.02 Å². The third-order valence-corrected chi connectivity index (χ3v) is 6.30. The summed E-state index contributed by atoms with van der Waals surface area (Å²) in [5, 5.41) is 5.76. The average Bonchev–Trinajstić information content (AvgIpc) is 3.18. The van der Waals surface area contributed by atoms with Gasteiger partial charge >= 0.3 is 6.18 Å². The molecule has 0 saturated carbocycles. The number of likely N-dealkylation sites (N-methyl/N-ethyl adjacent to an activating group) is 1. The molecule has 3 aromatic heterocycles. The number of benzene rings is 1. The molecule has 1 atom stereocenters. The molecule has 1 aliphatic rings. The minimum Gasteiger partial charge on any atom is -0.382 e. The topological polar surface area (TPSA) is 99.2 Å². The fraction of sp³-hybridized carbons (Fsp3) is 0.273. The summed E-state index contributed by atoms with van der Waals surface area (Å²) in [6.45, 7) is 0.0407. The van der Waals surface area contributed by atoms with E-state index in [2.05, 4.69) is 15.1 Å². The van der Waals surface area contributed by atoms with Crippen molar-refractivity contribution in [3.63, 3.8) is 0 Å². The first-order chi connectivity index (χ1) is 16.1. The number of nitrogens with zero attached hydrogens (tertiary/aromatic N) is 5. The minimum absolute atomic E-state index is 0.0689. The van der Waals surface area contributed by atoms with E-state index in [4.69, 9.17) is 22.1 Å². The first kappa shape index (κ1) is 22.4. The highest BCUT2D eigenvalue weighted by atomic mass is 35.5. The summed E-state index contributed by atoms with van der Waals surface area (Å²) in [5.41, 5.74) is 7.05. The SMILES string of the molecule is CN(C(=O)c1cc2c(cc1Cl)nc(N)c1c2cnn1C)[C@@H]1COCc2nc(C(F)(F)F)ccc21. The Morgan fingerprint density at radius 3 is 2.76 bits per heavy atom. The molecule has 5 rings (SSSR count). The molecule has 176 valence electrons. The van der Waals surface area contributed by atoms with Gasteiger partial charge in [0.1, 0.15) is 17.0 Å². The number of pyridine rings is 2. The van der Waals surface area contributed by atoms with Crippen LogP contribution in [0.4, 0.5) is 19.0 Å². The summed E-state index contributed by atoms with van der Waals surface area (Å²) >= 11 is 6.44. The van der Waals surface area contributed by atoms with Crippen molar-refractivity contribution in [3.8, 4) is 0 Å². The zero-order valence-corrected chi connectivity index (χ0v) is 18.8. The maximum absolute atomic E-state index is 13.5. The van der Waals surface area contributed by atoms with E-state index in [0.717, 1.165) is 6.07 Å². The van der Waals surface area contributed by atoms with E-state index in [1.54, 1.807) is 37.1 Å². The number of carbonyl (C=O) groups excluding carboxylic acids is 1. The standard InChI is InChI=1S/C22H18ClF3N6O2/c1-31(17-9-34-8-16-10(17)3-4-18(29-16)22(24,25)26)21(33)12-5-11-13-7-28-32(2)19(13)20(27)30-15(11)6-14(12)23/h3-7,17H,8-9H2,1-2H3,(H2,27,30)/t17-/m1/s1. The lowest BCUT2D eigenvalue weighted by molar-refractivity contribution is -0.141. The average molecular weight is 491 g/mol. The molecule has 0 radical (unpaired) electrons. The van der Waals surface area contributed by atoms with Gasteiger partial charge in [-0.1, -0.05) is 17.7 Å². The molecule has 1 amide bonds. The van der Waals surface area contributed by atoms with Gasteiger partial charge in [0.25, 0.3) is 5.91 Å². The monoisotopic (exact) mass is 490 g/mol. The number of amides is 1. The summed E-state index contributed by atoms with van der Waals surface area (Å²) in [7, 11) is 3.28. The Bertz CT molecular complexity index is 1470. The quantitative estimate of drug-likeness (QED) is 0.454. The van der Waals surface area contributed by atoms with Crippen molar-refractivity contribution in [2.45, 2.75) is 18.8 Å². The normalized spacial score (nSPS) is 16.1. The highest BCUT2D eigenvalue weighted by Gasteiger charge is 2.36. The number of aromatic nitrogens is 4. The number of fused-ring (bicyclic) bond motifs is 4. The fourth-order valence-corrected chi connectivity index (χ4v) is 4.49. The molecule has 4 aromatic rings. The highest BCUT2D eigenvalue weighted by Crippen LogP contribution is 2.35. The second kappa shape index (κ2) is 7.81.